The van der Waals surface area contributed by atoms with E-state index < -0.39 is 37.9 Å². The predicted octanol–water partition coefficient (Wildman–Crippen LogP) is 2.08. The molecule has 0 amide bonds. The van der Waals surface area contributed by atoms with Gasteiger partial charge in [-0.25, -0.2) is 0 Å². The van der Waals surface area contributed by atoms with Gasteiger partial charge in [0.05, 0.1) is 37.6 Å². The monoisotopic (exact) mass is 426 g/mol. The van der Waals surface area contributed by atoms with Crippen molar-refractivity contribution in [3.05, 3.63) is 71.8 Å². The average molecular weight is 427 g/mol. The summed E-state index contributed by atoms with van der Waals surface area (Å²) >= 11 is 0. The summed E-state index contributed by atoms with van der Waals surface area (Å²) < 4.78 is 55.6. The van der Waals surface area contributed by atoms with Gasteiger partial charge in [0.25, 0.3) is 20.2 Å². The van der Waals surface area contributed by atoms with Crippen LogP contribution in [0.2, 0.25) is 0 Å². The first kappa shape index (κ1) is 22.2. The van der Waals surface area contributed by atoms with Crippen LogP contribution < -0.4 is 0 Å². The van der Waals surface area contributed by atoms with Crippen LogP contribution in [0, 0.1) is 0 Å². The molecule has 0 radical (unpaired) electrons. The fourth-order valence-corrected chi connectivity index (χ4v) is 3.45. The first-order valence-electron chi connectivity index (χ1n) is 8.39. The molecule has 0 aliphatic rings. The molecule has 7 nitrogen and oxygen atoms in total. The van der Waals surface area contributed by atoms with Crippen LogP contribution >= 0.6 is 0 Å². The number of rotatable bonds is 10. The molecule has 152 valence electrons. The number of carbonyl (C=O) groups is 1. The van der Waals surface area contributed by atoms with Crippen molar-refractivity contribution in [2.75, 3.05) is 25.7 Å². The Morgan fingerprint density at radius 3 is 1.32 bits per heavy atom. The van der Waals surface area contributed by atoms with Gasteiger partial charge in [0, 0.05) is 0 Å². The third kappa shape index (κ3) is 7.16. The SMILES string of the molecule is CS(=O)(=O)OCC(C(=O)C(COS(C)(=O)=O)c1ccccc1)c1ccccc1. The number of hydrogen-bond acceptors (Lipinski definition) is 7. The Balaban J connectivity index is 2.40. The molecule has 9 heteroatoms. The van der Waals surface area contributed by atoms with Crippen LogP contribution in [0.3, 0.4) is 0 Å². The van der Waals surface area contributed by atoms with E-state index >= 15 is 0 Å². The van der Waals surface area contributed by atoms with Crippen LogP contribution in [-0.2, 0) is 33.4 Å². The average Bonchev–Trinajstić information content (AvgIpc) is 2.62. The lowest BCUT2D eigenvalue weighted by atomic mass is 9.84. The van der Waals surface area contributed by atoms with Gasteiger partial charge in [0.1, 0.15) is 0 Å². The second kappa shape index (κ2) is 9.42. The lowest BCUT2D eigenvalue weighted by Gasteiger charge is -2.22. The molecule has 0 N–H and O–H groups in total. The highest BCUT2D eigenvalue weighted by atomic mass is 32.2. The van der Waals surface area contributed by atoms with Gasteiger partial charge in [0.2, 0.25) is 0 Å². The van der Waals surface area contributed by atoms with E-state index in [4.69, 9.17) is 8.37 Å². The van der Waals surface area contributed by atoms with Gasteiger partial charge in [-0.1, -0.05) is 60.7 Å². The summed E-state index contributed by atoms with van der Waals surface area (Å²) in [5.74, 6) is -2.22. The molecule has 28 heavy (non-hydrogen) atoms. The molecular formula is C19H22O7S2. The van der Waals surface area contributed by atoms with E-state index in [2.05, 4.69) is 0 Å². The predicted molar refractivity (Wildman–Crippen MR) is 105 cm³/mol. The maximum absolute atomic E-state index is 13.3. The number of ketones is 1. The fraction of sp³-hybridized carbons (Fsp3) is 0.316. The van der Waals surface area contributed by atoms with Crippen molar-refractivity contribution in [2.24, 2.45) is 0 Å². The van der Waals surface area contributed by atoms with Crippen LogP contribution in [0.15, 0.2) is 60.7 Å². The summed E-state index contributed by atoms with van der Waals surface area (Å²) in [6, 6.07) is 17.2. The minimum absolute atomic E-state index is 0.385. The van der Waals surface area contributed by atoms with Crippen LogP contribution in [0.25, 0.3) is 0 Å². The Bertz CT molecular complexity index is 904. The van der Waals surface area contributed by atoms with E-state index in [0.29, 0.717) is 11.1 Å². The molecule has 0 spiro atoms. The minimum Gasteiger partial charge on any atom is -0.298 e. The van der Waals surface area contributed by atoms with Crippen molar-refractivity contribution in [2.45, 2.75) is 11.8 Å². The van der Waals surface area contributed by atoms with E-state index in [-0.39, 0.29) is 13.2 Å². The zero-order valence-corrected chi connectivity index (χ0v) is 17.1. The van der Waals surface area contributed by atoms with Crippen LogP contribution in [0.4, 0.5) is 0 Å². The normalized spacial score (nSPS) is 14.4. The number of hydrogen-bond donors (Lipinski definition) is 0. The fourth-order valence-electron chi connectivity index (χ4n) is 2.68. The standard InChI is InChI=1S/C19H22O7S2/c1-27(21,22)25-13-17(15-9-5-3-6-10-15)19(20)18(14-26-28(2,23)24)16-11-7-4-8-12-16/h3-12,17-18H,13-14H2,1-2H3. The highest BCUT2D eigenvalue weighted by Crippen LogP contribution is 2.28. The number of carbonyl (C=O) groups excluding carboxylic acids is 1. The van der Waals surface area contributed by atoms with E-state index in [1.165, 1.54) is 0 Å². The molecule has 2 aromatic carbocycles. The molecule has 0 saturated carbocycles. The molecular weight excluding hydrogens is 404 g/mol. The maximum atomic E-state index is 13.3. The number of benzene rings is 2. The highest BCUT2D eigenvalue weighted by molar-refractivity contribution is 7.86. The van der Waals surface area contributed by atoms with Crippen molar-refractivity contribution in [1.29, 1.82) is 0 Å². The molecule has 0 saturated heterocycles. The topological polar surface area (TPSA) is 104 Å². The zero-order chi connectivity index (χ0) is 20.8. The van der Waals surface area contributed by atoms with Crippen LogP contribution in [0.5, 0.6) is 0 Å². The molecule has 2 rings (SSSR count). The molecule has 0 bridgehead atoms. The molecule has 0 aromatic heterocycles. The first-order chi connectivity index (χ1) is 13.1. The quantitative estimate of drug-likeness (QED) is 0.536. The van der Waals surface area contributed by atoms with Gasteiger partial charge >= 0.3 is 0 Å². The molecule has 0 heterocycles. The first-order valence-corrected chi connectivity index (χ1v) is 12.0. The molecule has 0 fully saturated rings. The third-order valence-electron chi connectivity index (χ3n) is 3.99. The van der Waals surface area contributed by atoms with E-state index in [1.807, 2.05) is 0 Å². The molecule has 0 aliphatic carbocycles. The highest BCUT2D eigenvalue weighted by Gasteiger charge is 2.31. The number of Topliss-reactive ketones (excluding diaryl/α,β-unsaturated/α-hetero) is 1. The Morgan fingerprint density at radius 2 is 1.04 bits per heavy atom. The van der Waals surface area contributed by atoms with Crippen molar-refractivity contribution < 1.29 is 30.0 Å². The molecule has 2 atom stereocenters. The van der Waals surface area contributed by atoms with Crippen molar-refractivity contribution in [3.8, 4) is 0 Å². The molecule has 0 aliphatic heterocycles. The van der Waals surface area contributed by atoms with Crippen LogP contribution in [0.1, 0.15) is 23.0 Å². The van der Waals surface area contributed by atoms with Crippen molar-refractivity contribution in [3.63, 3.8) is 0 Å². The summed E-state index contributed by atoms with van der Waals surface area (Å²) in [7, 11) is -7.53. The van der Waals surface area contributed by atoms with Gasteiger partial charge in [0.15, 0.2) is 5.78 Å². The maximum Gasteiger partial charge on any atom is 0.264 e. The Kier molecular flexibility index (Phi) is 7.48. The van der Waals surface area contributed by atoms with Gasteiger partial charge in [-0.3, -0.25) is 13.2 Å². The lowest BCUT2D eigenvalue weighted by molar-refractivity contribution is -0.123. The third-order valence-corrected chi connectivity index (χ3v) is 5.12. The summed E-state index contributed by atoms with van der Waals surface area (Å²) in [6.45, 7) is -0.770. The van der Waals surface area contributed by atoms with E-state index in [1.54, 1.807) is 60.7 Å². The Labute approximate surface area is 165 Å². The minimum atomic E-state index is -3.77. The second-order valence-corrected chi connectivity index (χ2v) is 9.59. The van der Waals surface area contributed by atoms with Crippen molar-refractivity contribution in [1.82, 2.24) is 0 Å². The van der Waals surface area contributed by atoms with Gasteiger partial charge < -0.3 is 0 Å². The summed E-state index contributed by atoms with van der Waals surface area (Å²) in [5.41, 5.74) is 1.13. The van der Waals surface area contributed by atoms with E-state index in [0.717, 1.165) is 12.5 Å². The second-order valence-electron chi connectivity index (χ2n) is 6.31. The molecule has 2 aromatic rings. The van der Waals surface area contributed by atoms with Crippen molar-refractivity contribution >= 4 is 26.0 Å². The molecule has 2 unspecified atom stereocenters. The Morgan fingerprint density at radius 1 is 0.714 bits per heavy atom. The van der Waals surface area contributed by atoms with Gasteiger partial charge in [-0.15, -0.1) is 0 Å². The lowest BCUT2D eigenvalue weighted by Crippen LogP contribution is -2.29. The smallest absolute Gasteiger partial charge is 0.264 e. The summed E-state index contributed by atoms with van der Waals surface area (Å²) in [5, 5.41) is 0. The van der Waals surface area contributed by atoms with E-state index in [9.17, 15) is 21.6 Å². The Hall–Kier alpha value is -2.07. The van der Waals surface area contributed by atoms with Gasteiger partial charge in [-0.2, -0.15) is 16.8 Å². The van der Waals surface area contributed by atoms with Crippen LogP contribution in [-0.4, -0.2) is 48.3 Å². The summed E-state index contributed by atoms with van der Waals surface area (Å²) in [6.07, 6.45) is 1.81. The summed E-state index contributed by atoms with van der Waals surface area (Å²) in [4.78, 5) is 13.3. The van der Waals surface area contributed by atoms with Gasteiger partial charge in [-0.05, 0) is 11.1 Å². The zero-order valence-electron chi connectivity index (χ0n) is 15.5. The largest absolute Gasteiger partial charge is 0.298 e.